The van der Waals surface area contributed by atoms with Gasteiger partial charge in [-0.05, 0) is 62.1 Å². The van der Waals surface area contributed by atoms with E-state index < -0.39 is 0 Å². The van der Waals surface area contributed by atoms with E-state index in [4.69, 9.17) is 9.72 Å². The molecule has 3 aliphatic rings. The molecule has 0 N–H and O–H groups in total. The average molecular weight is 379 g/mol. The number of hydrogen-bond acceptors (Lipinski definition) is 5. The Hall–Kier alpha value is -2.14. The Morgan fingerprint density at radius 1 is 1.04 bits per heavy atom. The van der Waals surface area contributed by atoms with Crippen LogP contribution in [0.2, 0.25) is 0 Å². The second-order valence-electron chi connectivity index (χ2n) is 8.77. The molecule has 0 radical (unpaired) electrons. The van der Waals surface area contributed by atoms with Gasteiger partial charge in [0.1, 0.15) is 11.6 Å². The van der Waals surface area contributed by atoms with E-state index in [1.54, 1.807) is 7.11 Å². The second-order valence-corrected chi connectivity index (χ2v) is 8.77. The molecule has 0 spiro atoms. The summed E-state index contributed by atoms with van der Waals surface area (Å²) in [6.45, 7) is 5.45. The van der Waals surface area contributed by atoms with Crippen molar-refractivity contribution in [3.05, 3.63) is 47.9 Å². The van der Waals surface area contributed by atoms with Crippen molar-refractivity contribution in [2.24, 2.45) is 11.8 Å². The van der Waals surface area contributed by atoms with E-state index in [0.717, 1.165) is 42.2 Å². The summed E-state index contributed by atoms with van der Waals surface area (Å²) in [5.41, 5.74) is 2.46. The molecule has 0 saturated carbocycles. The summed E-state index contributed by atoms with van der Waals surface area (Å²) in [7, 11) is 1.74. The lowest BCUT2D eigenvalue weighted by Crippen LogP contribution is -2.59. The molecule has 28 heavy (non-hydrogen) atoms. The van der Waals surface area contributed by atoms with Crippen molar-refractivity contribution in [2.75, 3.05) is 31.6 Å². The Balaban J connectivity index is 1.37. The van der Waals surface area contributed by atoms with E-state index in [1.165, 1.54) is 37.8 Å². The normalized spacial score (nSPS) is 30.0. The van der Waals surface area contributed by atoms with Crippen LogP contribution >= 0.6 is 0 Å². The first-order valence-corrected chi connectivity index (χ1v) is 10.6. The zero-order valence-electron chi connectivity index (χ0n) is 16.9. The topological polar surface area (TPSA) is 41.5 Å². The molecular weight excluding hydrogens is 348 g/mol. The Bertz CT molecular complexity index is 824. The molecule has 0 amide bonds. The first-order valence-electron chi connectivity index (χ1n) is 10.6. The summed E-state index contributed by atoms with van der Waals surface area (Å²) in [5.74, 6) is 3.46. The third kappa shape index (κ3) is 3.26. The molecule has 5 heteroatoms. The van der Waals surface area contributed by atoms with Crippen molar-refractivity contribution < 1.29 is 4.74 Å². The molecule has 5 rings (SSSR count). The third-order valence-electron chi connectivity index (χ3n) is 6.95. The van der Waals surface area contributed by atoms with Gasteiger partial charge >= 0.3 is 0 Å². The number of piperidine rings is 3. The van der Waals surface area contributed by atoms with Crippen LogP contribution in [0.4, 0.5) is 5.82 Å². The van der Waals surface area contributed by atoms with Crippen LogP contribution in [-0.4, -0.2) is 47.7 Å². The third-order valence-corrected chi connectivity index (χ3v) is 6.95. The van der Waals surface area contributed by atoms with Crippen LogP contribution in [0, 0.1) is 18.8 Å². The summed E-state index contributed by atoms with van der Waals surface area (Å²) < 4.78 is 5.36. The van der Waals surface area contributed by atoms with Gasteiger partial charge in [-0.2, -0.15) is 0 Å². The maximum Gasteiger partial charge on any atom is 0.147 e. The highest BCUT2D eigenvalue weighted by atomic mass is 16.5. The minimum absolute atomic E-state index is 0.556. The van der Waals surface area contributed by atoms with Gasteiger partial charge in [0.2, 0.25) is 0 Å². The van der Waals surface area contributed by atoms with E-state index in [9.17, 15) is 0 Å². The molecule has 0 aliphatic carbocycles. The summed E-state index contributed by atoms with van der Waals surface area (Å²) in [5, 5.41) is 0. The molecular formula is C23H30N4O. The first kappa shape index (κ1) is 17.9. The van der Waals surface area contributed by atoms with E-state index in [2.05, 4.69) is 39.0 Å². The zero-order chi connectivity index (χ0) is 19.1. The fraction of sp³-hybridized carbons (Fsp3) is 0.565. The highest BCUT2D eigenvalue weighted by Gasteiger charge is 2.45. The molecule has 3 fully saturated rings. The highest BCUT2D eigenvalue weighted by Crippen LogP contribution is 2.45. The summed E-state index contributed by atoms with van der Waals surface area (Å²) in [4.78, 5) is 14.5. The number of rotatable bonds is 3. The molecule has 1 aromatic heterocycles. The monoisotopic (exact) mass is 378 g/mol. The highest BCUT2D eigenvalue weighted by molar-refractivity contribution is 5.38. The second kappa shape index (κ2) is 7.36. The fourth-order valence-corrected chi connectivity index (χ4v) is 5.78. The zero-order valence-corrected chi connectivity index (χ0v) is 16.9. The van der Waals surface area contributed by atoms with Crippen molar-refractivity contribution in [2.45, 2.75) is 44.7 Å². The maximum absolute atomic E-state index is 5.36. The van der Waals surface area contributed by atoms with Gasteiger partial charge < -0.3 is 9.64 Å². The molecule has 148 valence electrons. The van der Waals surface area contributed by atoms with Gasteiger partial charge in [0, 0.05) is 37.9 Å². The van der Waals surface area contributed by atoms with Crippen molar-refractivity contribution in [3.63, 3.8) is 0 Å². The predicted molar refractivity (Wildman–Crippen MR) is 111 cm³/mol. The van der Waals surface area contributed by atoms with Gasteiger partial charge in [-0.1, -0.05) is 12.1 Å². The van der Waals surface area contributed by atoms with Crippen LogP contribution in [0.3, 0.4) is 0 Å². The van der Waals surface area contributed by atoms with Gasteiger partial charge in [-0.25, -0.2) is 4.98 Å². The van der Waals surface area contributed by atoms with Crippen molar-refractivity contribution in [1.82, 2.24) is 14.9 Å². The number of aromatic nitrogens is 2. The van der Waals surface area contributed by atoms with Gasteiger partial charge in [-0.3, -0.25) is 9.88 Å². The maximum atomic E-state index is 5.36. The van der Waals surface area contributed by atoms with Crippen LogP contribution in [0.5, 0.6) is 5.75 Å². The minimum Gasteiger partial charge on any atom is -0.497 e. The molecule has 2 bridgehead atoms. The van der Waals surface area contributed by atoms with E-state index in [0.29, 0.717) is 12.1 Å². The summed E-state index contributed by atoms with van der Waals surface area (Å²) >= 11 is 0. The number of benzene rings is 1. The van der Waals surface area contributed by atoms with Crippen LogP contribution in [-0.2, 0) is 0 Å². The van der Waals surface area contributed by atoms with E-state index in [-0.39, 0.29) is 0 Å². The smallest absolute Gasteiger partial charge is 0.147 e. The minimum atomic E-state index is 0.556. The Morgan fingerprint density at radius 3 is 2.68 bits per heavy atom. The lowest BCUT2D eigenvalue weighted by atomic mass is 9.74. The number of nitrogens with zero attached hydrogens (tertiary/aromatic N) is 4. The van der Waals surface area contributed by atoms with Gasteiger partial charge in [0.25, 0.3) is 0 Å². The van der Waals surface area contributed by atoms with Gasteiger partial charge in [0.05, 0.1) is 19.0 Å². The number of anilines is 1. The van der Waals surface area contributed by atoms with Gasteiger partial charge in [0.15, 0.2) is 0 Å². The standard InChI is InChI=1S/C23H30N4O/c1-16-11-24-12-23(25-16)26-13-17-10-19(15-26)22-5-3-4-21(27(22)14-17)18-6-8-20(28-2)9-7-18/h6-9,11-12,17,19,21-22H,3-5,10,13-15H2,1-2H3/t17-,19+,21+,22-/m0/s1. The Kier molecular flexibility index (Phi) is 4.71. The van der Waals surface area contributed by atoms with Gasteiger partial charge in [-0.15, -0.1) is 0 Å². The fourth-order valence-electron chi connectivity index (χ4n) is 5.78. The molecule has 5 nitrogen and oxygen atoms in total. The van der Waals surface area contributed by atoms with E-state index in [1.807, 2.05) is 19.3 Å². The molecule has 2 aromatic rings. The molecule has 1 aromatic carbocycles. The van der Waals surface area contributed by atoms with E-state index >= 15 is 0 Å². The summed E-state index contributed by atoms with van der Waals surface area (Å²) in [6, 6.07) is 10.0. The lowest BCUT2D eigenvalue weighted by Gasteiger charge is -2.55. The van der Waals surface area contributed by atoms with Crippen LogP contribution in [0.1, 0.15) is 43.0 Å². The molecule has 3 aliphatic heterocycles. The quantitative estimate of drug-likeness (QED) is 0.812. The SMILES string of the molecule is COc1ccc([C@H]2CCC[C@H]3[C@@H]4C[C@@H](CN(c5cncc(C)n5)C4)CN23)cc1. The van der Waals surface area contributed by atoms with Crippen LogP contribution in [0.25, 0.3) is 0 Å². The largest absolute Gasteiger partial charge is 0.497 e. The van der Waals surface area contributed by atoms with Crippen LogP contribution < -0.4 is 9.64 Å². The number of methoxy groups -OCH3 is 1. The summed E-state index contributed by atoms with van der Waals surface area (Å²) in [6.07, 6.45) is 9.08. The Morgan fingerprint density at radius 2 is 1.89 bits per heavy atom. The molecule has 4 heterocycles. The predicted octanol–water partition coefficient (Wildman–Crippen LogP) is 3.85. The number of ether oxygens (including phenoxy) is 1. The van der Waals surface area contributed by atoms with Crippen molar-refractivity contribution >= 4 is 5.82 Å². The molecule has 3 saturated heterocycles. The van der Waals surface area contributed by atoms with Crippen molar-refractivity contribution in [1.29, 1.82) is 0 Å². The Labute approximate surface area is 167 Å². The molecule has 0 unspecified atom stereocenters. The number of hydrogen-bond donors (Lipinski definition) is 0. The van der Waals surface area contributed by atoms with Crippen LogP contribution in [0.15, 0.2) is 36.7 Å². The number of aryl methyl sites for hydroxylation is 1. The van der Waals surface area contributed by atoms with Crippen molar-refractivity contribution in [3.8, 4) is 5.75 Å². The first-order chi connectivity index (χ1) is 13.7. The average Bonchev–Trinajstić information content (AvgIpc) is 2.73. The molecule has 4 atom stereocenters. The lowest BCUT2D eigenvalue weighted by molar-refractivity contribution is -0.0201. The number of fused-ring (bicyclic) bond motifs is 4.